The number of nitrogens with zero attached hydrogens (tertiary/aromatic N) is 3. The number of rotatable bonds is 5. The zero-order valence-electron chi connectivity index (χ0n) is 15.6. The number of hydrogen-bond donors (Lipinski definition) is 1. The van der Waals surface area contributed by atoms with Crippen LogP contribution in [0.25, 0.3) is 10.9 Å². The second-order valence-corrected chi connectivity index (χ2v) is 8.98. The average molecular weight is 391 g/mol. The molecule has 27 heavy (non-hydrogen) atoms. The molecule has 1 aromatic carbocycles. The third kappa shape index (κ3) is 4.12. The van der Waals surface area contributed by atoms with Gasteiger partial charge in [-0.3, -0.25) is 14.7 Å². The molecule has 1 unspecified atom stereocenters. The monoisotopic (exact) mass is 391 g/mol. The fraction of sp³-hybridized carbons (Fsp3) is 0.474. The predicted octanol–water partition coefficient (Wildman–Crippen LogP) is 2.10. The van der Waals surface area contributed by atoms with Crippen LogP contribution in [0.4, 0.5) is 0 Å². The predicted molar refractivity (Wildman–Crippen MR) is 103 cm³/mol. The van der Waals surface area contributed by atoms with Crippen molar-refractivity contribution in [2.24, 2.45) is 0 Å². The lowest BCUT2D eigenvalue weighted by atomic mass is 10.1. The summed E-state index contributed by atoms with van der Waals surface area (Å²) < 4.78 is 28.1. The number of carboxylic acids is 1. The van der Waals surface area contributed by atoms with Crippen molar-refractivity contribution in [2.75, 3.05) is 26.7 Å². The van der Waals surface area contributed by atoms with E-state index in [1.807, 2.05) is 6.92 Å². The van der Waals surface area contributed by atoms with Gasteiger partial charge in [-0.15, -0.1) is 0 Å². The first-order valence-corrected chi connectivity index (χ1v) is 10.5. The van der Waals surface area contributed by atoms with E-state index in [-0.39, 0.29) is 17.5 Å². The zero-order chi connectivity index (χ0) is 19.6. The van der Waals surface area contributed by atoms with Crippen LogP contribution < -0.4 is 0 Å². The van der Waals surface area contributed by atoms with Crippen molar-refractivity contribution in [3.63, 3.8) is 0 Å². The Kier molecular flexibility index (Phi) is 5.78. The molecule has 1 aliphatic rings. The van der Waals surface area contributed by atoms with Gasteiger partial charge in [0, 0.05) is 30.7 Å². The number of aromatic nitrogens is 1. The molecule has 1 aliphatic heterocycles. The highest BCUT2D eigenvalue weighted by atomic mass is 32.2. The molecule has 8 heteroatoms. The van der Waals surface area contributed by atoms with Crippen molar-refractivity contribution in [2.45, 2.75) is 37.1 Å². The van der Waals surface area contributed by atoms with Crippen LogP contribution in [-0.4, -0.2) is 66.4 Å². The largest absolute Gasteiger partial charge is 0.480 e. The first-order valence-electron chi connectivity index (χ1n) is 9.07. The Morgan fingerprint density at radius 3 is 2.81 bits per heavy atom. The van der Waals surface area contributed by atoms with Crippen molar-refractivity contribution >= 4 is 26.9 Å². The molecule has 1 fully saturated rings. The van der Waals surface area contributed by atoms with E-state index in [9.17, 15) is 13.2 Å². The van der Waals surface area contributed by atoms with E-state index in [1.54, 1.807) is 42.4 Å². The van der Waals surface area contributed by atoms with Crippen LogP contribution in [0.1, 0.15) is 24.8 Å². The highest BCUT2D eigenvalue weighted by Crippen LogP contribution is 2.28. The number of likely N-dealkylation sites (N-methyl/N-ethyl adjacent to an activating group) is 1. The number of hydrogen-bond acceptors (Lipinski definition) is 5. The fourth-order valence-corrected chi connectivity index (χ4v) is 5.40. The van der Waals surface area contributed by atoms with Crippen molar-refractivity contribution in [1.82, 2.24) is 14.2 Å². The molecular formula is C19H25N3O4S. The van der Waals surface area contributed by atoms with E-state index < -0.39 is 16.0 Å². The Hall–Kier alpha value is -2.03. The minimum absolute atomic E-state index is 0.0360. The maximum atomic E-state index is 13.3. The molecule has 0 saturated carbocycles. The zero-order valence-corrected chi connectivity index (χ0v) is 16.4. The molecule has 1 saturated heterocycles. The van der Waals surface area contributed by atoms with Crippen LogP contribution in [0.3, 0.4) is 0 Å². The van der Waals surface area contributed by atoms with Gasteiger partial charge in [0.15, 0.2) is 0 Å². The molecule has 2 aromatic rings. The van der Waals surface area contributed by atoms with Crippen molar-refractivity contribution in [3.8, 4) is 0 Å². The summed E-state index contributed by atoms with van der Waals surface area (Å²) in [6, 6.07) is 7.07. The van der Waals surface area contributed by atoms with Crippen LogP contribution in [0.15, 0.2) is 35.4 Å². The van der Waals surface area contributed by atoms with E-state index >= 15 is 0 Å². The van der Waals surface area contributed by atoms with Crippen molar-refractivity contribution in [1.29, 1.82) is 0 Å². The number of aliphatic carboxylic acids is 1. The Labute approximate surface area is 159 Å². The summed E-state index contributed by atoms with van der Waals surface area (Å²) in [5.74, 6) is -0.871. The van der Waals surface area contributed by atoms with E-state index in [4.69, 9.17) is 5.11 Å². The number of aryl methyl sites for hydroxylation is 1. The second-order valence-electron chi connectivity index (χ2n) is 7.08. The first-order chi connectivity index (χ1) is 12.8. The highest BCUT2D eigenvalue weighted by molar-refractivity contribution is 7.89. The van der Waals surface area contributed by atoms with Gasteiger partial charge in [0.05, 0.1) is 17.0 Å². The maximum absolute atomic E-state index is 13.3. The number of benzene rings is 1. The Balaban J connectivity index is 1.86. The molecule has 0 bridgehead atoms. The molecule has 0 spiro atoms. The normalized spacial score (nSPS) is 19.3. The topological polar surface area (TPSA) is 90.8 Å². The van der Waals surface area contributed by atoms with Gasteiger partial charge in [-0.1, -0.05) is 6.07 Å². The molecule has 1 atom stereocenters. The Bertz CT molecular complexity index is 945. The molecule has 1 aromatic heterocycles. The number of sulfonamides is 1. The molecule has 7 nitrogen and oxygen atoms in total. The van der Waals surface area contributed by atoms with Gasteiger partial charge >= 0.3 is 5.97 Å². The Morgan fingerprint density at radius 2 is 2.07 bits per heavy atom. The summed E-state index contributed by atoms with van der Waals surface area (Å²) in [4.78, 5) is 17.4. The summed E-state index contributed by atoms with van der Waals surface area (Å²) in [6.45, 7) is 2.70. The number of carboxylic acid groups (broad SMARTS) is 1. The smallest absolute Gasteiger partial charge is 0.317 e. The molecule has 0 amide bonds. The SMILES string of the molecule is Cc1ccc(S(=O)(=O)N2CCCC(N(C)CC(=O)O)CC2)c2cccnc12. The average Bonchev–Trinajstić information content (AvgIpc) is 2.88. The van der Waals surface area contributed by atoms with E-state index in [2.05, 4.69) is 4.98 Å². The van der Waals surface area contributed by atoms with Gasteiger partial charge in [0.2, 0.25) is 10.0 Å². The van der Waals surface area contributed by atoms with Crippen LogP contribution in [0, 0.1) is 6.92 Å². The van der Waals surface area contributed by atoms with Crippen LogP contribution in [0.2, 0.25) is 0 Å². The number of pyridine rings is 1. The maximum Gasteiger partial charge on any atom is 0.317 e. The molecule has 2 heterocycles. The van der Waals surface area contributed by atoms with Crippen molar-refractivity contribution < 1.29 is 18.3 Å². The van der Waals surface area contributed by atoms with E-state index in [0.717, 1.165) is 12.0 Å². The van der Waals surface area contributed by atoms with Crippen molar-refractivity contribution in [3.05, 3.63) is 36.0 Å². The van der Waals surface area contributed by atoms with Gasteiger partial charge in [-0.2, -0.15) is 4.31 Å². The van der Waals surface area contributed by atoms with Gasteiger partial charge in [0.25, 0.3) is 0 Å². The number of carbonyl (C=O) groups is 1. The third-order valence-electron chi connectivity index (χ3n) is 5.21. The molecule has 1 N–H and O–H groups in total. The molecular weight excluding hydrogens is 366 g/mol. The summed E-state index contributed by atoms with van der Waals surface area (Å²) >= 11 is 0. The van der Waals surface area contributed by atoms with Crippen LogP contribution in [-0.2, 0) is 14.8 Å². The lowest BCUT2D eigenvalue weighted by molar-refractivity contribution is -0.138. The standard InChI is InChI=1S/C19H25N3O4S/c1-14-7-8-17(16-6-3-10-20-19(14)16)27(25,26)22-11-4-5-15(9-12-22)21(2)13-18(23)24/h3,6-8,10,15H,4-5,9,11-13H2,1-2H3,(H,23,24). The molecule has 3 rings (SSSR count). The van der Waals surface area contributed by atoms with Gasteiger partial charge in [-0.25, -0.2) is 8.42 Å². The first kappa shape index (κ1) is 19.7. The lowest BCUT2D eigenvalue weighted by Crippen LogP contribution is -2.37. The third-order valence-corrected chi connectivity index (χ3v) is 7.17. The highest BCUT2D eigenvalue weighted by Gasteiger charge is 2.30. The van der Waals surface area contributed by atoms with Crippen LogP contribution in [0.5, 0.6) is 0 Å². The fourth-order valence-electron chi connectivity index (χ4n) is 3.73. The minimum atomic E-state index is -3.64. The minimum Gasteiger partial charge on any atom is -0.480 e. The number of fused-ring (bicyclic) bond motifs is 1. The Morgan fingerprint density at radius 1 is 1.30 bits per heavy atom. The van der Waals surface area contributed by atoms with Gasteiger partial charge in [-0.05, 0) is 57.0 Å². The lowest BCUT2D eigenvalue weighted by Gasteiger charge is -2.25. The summed E-state index contributed by atoms with van der Waals surface area (Å²) in [7, 11) is -1.86. The van der Waals surface area contributed by atoms with Gasteiger partial charge < -0.3 is 5.11 Å². The molecule has 146 valence electrons. The second kappa shape index (κ2) is 7.92. The van der Waals surface area contributed by atoms with E-state index in [0.29, 0.717) is 36.8 Å². The van der Waals surface area contributed by atoms with E-state index in [1.165, 1.54) is 4.31 Å². The quantitative estimate of drug-likeness (QED) is 0.839. The molecule has 0 aliphatic carbocycles. The summed E-state index contributed by atoms with van der Waals surface area (Å²) in [6.07, 6.45) is 3.77. The van der Waals surface area contributed by atoms with Crippen LogP contribution >= 0.6 is 0 Å². The van der Waals surface area contributed by atoms with Gasteiger partial charge in [0.1, 0.15) is 0 Å². The summed E-state index contributed by atoms with van der Waals surface area (Å²) in [5, 5.41) is 9.62. The molecule has 0 radical (unpaired) electrons. The summed E-state index contributed by atoms with van der Waals surface area (Å²) in [5.41, 5.74) is 1.64.